The Morgan fingerprint density at radius 2 is 1.30 bits per heavy atom. The molecule has 0 amide bonds. The van der Waals surface area contributed by atoms with E-state index in [0.29, 0.717) is 0 Å². The summed E-state index contributed by atoms with van der Waals surface area (Å²) in [6, 6.07) is 27.4. The van der Waals surface area contributed by atoms with Crippen LogP contribution in [0.1, 0.15) is 0 Å². The first-order chi connectivity index (χ1) is 14.2. The molecule has 0 atom stereocenters. The molecule has 1 nitrogen and oxygen atoms in total. The van der Waals surface area contributed by atoms with E-state index in [1.165, 1.54) is 27.2 Å². The molecule has 0 bridgehead atoms. The highest BCUT2D eigenvalue weighted by atomic mass is 35.5. The third-order valence-electron chi connectivity index (χ3n) is 5.43. The standard InChI is InChI=1S/C26H25ClOP2/c1-29(2)21-15-19(16-22(17-21)30(3,4)28)24-14-13-23(18-9-11-20(27)12-10-18)25-7-5-6-8-26(24)25/h5-17H,1-4H3. The van der Waals surface area contributed by atoms with Gasteiger partial charge in [0.05, 0.1) is 0 Å². The molecule has 4 rings (SSSR count). The minimum absolute atomic E-state index is 0.288. The van der Waals surface area contributed by atoms with Crippen molar-refractivity contribution in [1.29, 1.82) is 0 Å². The predicted molar refractivity (Wildman–Crippen MR) is 137 cm³/mol. The van der Waals surface area contributed by atoms with Crippen LogP contribution in [0.4, 0.5) is 0 Å². The lowest BCUT2D eigenvalue weighted by Gasteiger charge is -2.17. The zero-order valence-corrected chi connectivity index (χ0v) is 20.2. The number of rotatable bonds is 4. The summed E-state index contributed by atoms with van der Waals surface area (Å²) in [5.41, 5.74) is 4.65. The normalized spacial score (nSPS) is 11.9. The van der Waals surface area contributed by atoms with E-state index in [1.807, 2.05) is 25.5 Å². The van der Waals surface area contributed by atoms with Crippen LogP contribution in [0.15, 0.2) is 78.9 Å². The molecule has 152 valence electrons. The summed E-state index contributed by atoms with van der Waals surface area (Å²) in [5, 5.41) is 5.38. The molecule has 4 heteroatoms. The van der Waals surface area contributed by atoms with Crippen LogP contribution < -0.4 is 10.6 Å². The second kappa shape index (κ2) is 8.32. The average Bonchev–Trinajstić information content (AvgIpc) is 2.72. The van der Waals surface area contributed by atoms with Gasteiger partial charge in [-0.15, -0.1) is 0 Å². The average molecular weight is 451 g/mol. The third-order valence-corrected chi connectivity index (χ3v) is 8.48. The van der Waals surface area contributed by atoms with Gasteiger partial charge < -0.3 is 4.57 Å². The first-order valence-electron chi connectivity index (χ1n) is 9.90. The van der Waals surface area contributed by atoms with Crippen molar-refractivity contribution in [3.8, 4) is 22.3 Å². The van der Waals surface area contributed by atoms with E-state index in [4.69, 9.17) is 11.6 Å². The van der Waals surface area contributed by atoms with Crippen molar-refractivity contribution in [3.63, 3.8) is 0 Å². The minimum atomic E-state index is -2.36. The van der Waals surface area contributed by atoms with Crippen molar-refractivity contribution in [2.45, 2.75) is 0 Å². The van der Waals surface area contributed by atoms with E-state index in [-0.39, 0.29) is 7.92 Å². The van der Waals surface area contributed by atoms with Crippen LogP contribution in [-0.2, 0) is 4.57 Å². The molecule has 0 aliphatic rings. The Hall–Kier alpha value is -1.91. The van der Waals surface area contributed by atoms with Crippen LogP contribution in [0.3, 0.4) is 0 Å². The van der Waals surface area contributed by atoms with E-state index in [0.717, 1.165) is 21.5 Å². The smallest absolute Gasteiger partial charge is 0.109 e. The summed E-state index contributed by atoms with van der Waals surface area (Å²) in [5.74, 6) is 0. The van der Waals surface area contributed by atoms with Crippen LogP contribution in [0, 0.1) is 0 Å². The quantitative estimate of drug-likeness (QED) is 0.295. The Bertz CT molecular complexity index is 1270. The summed E-state index contributed by atoms with van der Waals surface area (Å²) in [7, 11) is -2.64. The Balaban J connectivity index is 1.97. The lowest BCUT2D eigenvalue weighted by Crippen LogP contribution is -2.12. The van der Waals surface area contributed by atoms with Gasteiger partial charge in [0.25, 0.3) is 0 Å². The van der Waals surface area contributed by atoms with Crippen molar-refractivity contribution in [3.05, 3.63) is 83.9 Å². The van der Waals surface area contributed by atoms with E-state index >= 15 is 0 Å². The largest absolute Gasteiger partial charge is 0.319 e. The van der Waals surface area contributed by atoms with Crippen LogP contribution >= 0.6 is 26.7 Å². The molecule has 0 heterocycles. The van der Waals surface area contributed by atoms with Gasteiger partial charge in [-0.2, -0.15) is 0 Å². The fourth-order valence-corrected chi connectivity index (χ4v) is 5.67. The summed E-state index contributed by atoms with van der Waals surface area (Å²) < 4.78 is 12.9. The molecule has 0 aromatic heterocycles. The highest BCUT2D eigenvalue weighted by Gasteiger charge is 2.17. The lowest BCUT2D eigenvalue weighted by atomic mass is 9.92. The van der Waals surface area contributed by atoms with Gasteiger partial charge in [0.2, 0.25) is 0 Å². The number of benzene rings is 4. The topological polar surface area (TPSA) is 17.1 Å². The van der Waals surface area contributed by atoms with Gasteiger partial charge in [-0.25, -0.2) is 0 Å². The van der Waals surface area contributed by atoms with Crippen molar-refractivity contribution in [1.82, 2.24) is 0 Å². The monoisotopic (exact) mass is 450 g/mol. The molecular formula is C26H25ClOP2. The molecule has 4 aromatic carbocycles. The summed E-state index contributed by atoms with van der Waals surface area (Å²) in [4.78, 5) is 0. The van der Waals surface area contributed by atoms with Crippen LogP contribution in [0.5, 0.6) is 0 Å². The lowest BCUT2D eigenvalue weighted by molar-refractivity contribution is 0.588. The molecule has 0 saturated carbocycles. The molecule has 0 unspecified atom stereocenters. The maximum Gasteiger partial charge on any atom is 0.109 e. The molecule has 0 aliphatic heterocycles. The van der Waals surface area contributed by atoms with Crippen LogP contribution in [-0.4, -0.2) is 26.7 Å². The molecular weight excluding hydrogens is 426 g/mol. The zero-order chi connectivity index (χ0) is 21.5. The predicted octanol–water partition coefficient (Wildman–Crippen LogP) is 7.44. The van der Waals surface area contributed by atoms with Crippen LogP contribution in [0.25, 0.3) is 33.0 Å². The fourth-order valence-electron chi connectivity index (χ4n) is 3.75. The van der Waals surface area contributed by atoms with Crippen molar-refractivity contribution in [2.24, 2.45) is 0 Å². The van der Waals surface area contributed by atoms with Crippen molar-refractivity contribution < 1.29 is 4.57 Å². The Kier molecular flexibility index (Phi) is 5.91. The Morgan fingerprint density at radius 3 is 1.83 bits per heavy atom. The fraction of sp³-hybridized carbons (Fsp3) is 0.154. The molecule has 0 radical (unpaired) electrons. The number of fused-ring (bicyclic) bond motifs is 1. The minimum Gasteiger partial charge on any atom is -0.319 e. The first-order valence-corrected chi connectivity index (χ1v) is 15.1. The summed E-state index contributed by atoms with van der Waals surface area (Å²) >= 11 is 6.09. The van der Waals surface area contributed by atoms with E-state index in [2.05, 4.69) is 80.1 Å². The number of hydrogen-bond donors (Lipinski definition) is 0. The second-order valence-corrected chi connectivity index (χ2v) is 14.2. The van der Waals surface area contributed by atoms with Gasteiger partial charge in [0, 0.05) is 10.3 Å². The number of hydrogen-bond acceptors (Lipinski definition) is 1. The Morgan fingerprint density at radius 1 is 0.733 bits per heavy atom. The van der Waals surface area contributed by atoms with Gasteiger partial charge >= 0.3 is 0 Å². The molecule has 0 saturated heterocycles. The van der Waals surface area contributed by atoms with Gasteiger partial charge in [0.15, 0.2) is 0 Å². The Labute approximate surface area is 185 Å². The van der Waals surface area contributed by atoms with E-state index < -0.39 is 7.14 Å². The first kappa shape index (κ1) is 21.3. The molecule has 0 fully saturated rings. The maximum atomic E-state index is 12.9. The maximum absolute atomic E-state index is 12.9. The van der Waals surface area contributed by atoms with Gasteiger partial charge in [0.1, 0.15) is 7.14 Å². The molecule has 0 aliphatic carbocycles. The van der Waals surface area contributed by atoms with E-state index in [1.54, 1.807) is 0 Å². The van der Waals surface area contributed by atoms with Crippen LogP contribution in [0.2, 0.25) is 5.02 Å². The third kappa shape index (κ3) is 4.26. The van der Waals surface area contributed by atoms with Gasteiger partial charge in [-0.3, -0.25) is 0 Å². The molecule has 0 spiro atoms. The number of halogens is 1. The highest BCUT2D eigenvalue weighted by molar-refractivity contribution is 7.70. The molecule has 0 N–H and O–H groups in total. The summed E-state index contributed by atoms with van der Waals surface area (Å²) in [6.07, 6.45) is 0. The van der Waals surface area contributed by atoms with Crippen molar-refractivity contribution >= 4 is 48.0 Å². The van der Waals surface area contributed by atoms with E-state index in [9.17, 15) is 4.57 Å². The zero-order valence-electron chi connectivity index (χ0n) is 17.7. The highest BCUT2D eigenvalue weighted by Crippen LogP contribution is 2.40. The molecule has 30 heavy (non-hydrogen) atoms. The van der Waals surface area contributed by atoms with Gasteiger partial charge in [-0.05, 0) is 95.3 Å². The molecule has 4 aromatic rings. The summed E-state index contributed by atoms with van der Waals surface area (Å²) in [6.45, 7) is 8.20. The second-order valence-electron chi connectivity index (χ2n) is 8.20. The SMILES string of the molecule is CP(C)c1cc(-c2ccc(-c3ccc(Cl)cc3)c3ccccc23)cc(P(C)(C)=O)c1. The van der Waals surface area contributed by atoms with Gasteiger partial charge in [-0.1, -0.05) is 68.1 Å². The van der Waals surface area contributed by atoms with Crippen molar-refractivity contribution in [2.75, 3.05) is 26.7 Å².